The Labute approximate surface area is 130 Å². The van der Waals surface area contributed by atoms with Gasteiger partial charge in [-0.15, -0.1) is 0 Å². The topological polar surface area (TPSA) is 8.88 Å². The number of allylic oxidation sites excluding steroid dienone is 2. The van der Waals surface area contributed by atoms with E-state index < -0.39 is 0 Å². The normalized spacial score (nSPS) is 44.1. The molecule has 0 radical (unpaired) electrons. The fourth-order valence-corrected chi connectivity index (χ4v) is 5.72. The van der Waals surface area contributed by atoms with Crippen LogP contribution in [0.1, 0.15) is 51.4 Å². The monoisotopic (exact) mass is 290 g/mol. The Morgan fingerprint density at radius 2 is 1.57 bits per heavy atom. The first kappa shape index (κ1) is 14.3. The quantitative estimate of drug-likeness (QED) is 0.559. The van der Waals surface area contributed by atoms with Crippen LogP contribution in [-0.4, -0.2) is 38.8 Å². The van der Waals surface area contributed by atoms with Crippen LogP contribution in [-0.2, 0) is 0 Å². The largest absolute Gasteiger partial charge is 0.325 e. The Balaban J connectivity index is 1.24. The maximum absolute atomic E-state index is 2.53. The molecule has 0 aromatic carbocycles. The fourth-order valence-electron chi connectivity index (χ4n) is 5.72. The third kappa shape index (κ3) is 3.22. The van der Waals surface area contributed by atoms with Gasteiger partial charge in [-0.25, -0.2) is 0 Å². The van der Waals surface area contributed by atoms with Gasteiger partial charge in [-0.05, 0) is 50.4 Å². The van der Waals surface area contributed by atoms with E-state index in [1.165, 1.54) is 84.1 Å². The van der Waals surface area contributed by atoms with E-state index in [0.717, 1.165) is 23.8 Å². The number of nitrogens with one attached hydrogen (secondary N) is 2. The first-order chi connectivity index (χ1) is 10.4. The summed E-state index contributed by atoms with van der Waals surface area (Å²) < 4.78 is 0. The van der Waals surface area contributed by atoms with Gasteiger partial charge in [-0.1, -0.05) is 25.0 Å². The van der Waals surface area contributed by atoms with Crippen LogP contribution >= 0.6 is 0 Å². The number of hydrogen-bond donors (Lipinski definition) is 2. The van der Waals surface area contributed by atoms with E-state index in [1.807, 2.05) is 9.80 Å². The molecule has 0 aromatic rings. The molecule has 21 heavy (non-hydrogen) atoms. The molecule has 0 amide bonds. The maximum atomic E-state index is 2.53. The highest BCUT2D eigenvalue weighted by Crippen LogP contribution is 2.42. The zero-order valence-corrected chi connectivity index (χ0v) is 13.7. The summed E-state index contributed by atoms with van der Waals surface area (Å²) in [6.07, 6.45) is 17.0. The van der Waals surface area contributed by atoms with Gasteiger partial charge in [0.2, 0.25) is 0 Å². The molecule has 118 valence electrons. The molecule has 4 aliphatic rings. The number of rotatable bonds is 3. The molecule has 2 heteroatoms. The second-order valence-corrected chi connectivity index (χ2v) is 8.34. The zero-order chi connectivity index (χ0) is 14.1. The second-order valence-electron chi connectivity index (χ2n) is 8.34. The predicted molar refractivity (Wildman–Crippen MR) is 86.6 cm³/mol. The molecule has 0 aromatic heterocycles. The van der Waals surface area contributed by atoms with Gasteiger partial charge in [0.15, 0.2) is 0 Å². The maximum Gasteiger partial charge on any atom is 0.127 e. The van der Waals surface area contributed by atoms with Gasteiger partial charge in [0.05, 0.1) is 12.6 Å². The molecule has 2 nitrogen and oxygen atoms in total. The first-order valence-corrected chi connectivity index (χ1v) is 9.75. The van der Waals surface area contributed by atoms with Crippen LogP contribution in [0.4, 0.5) is 0 Å². The van der Waals surface area contributed by atoms with E-state index in [9.17, 15) is 0 Å². The second kappa shape index (κ2) is 6.42. The molecular weight excluding hydrogens is 256 g/mol. The van der Waals surface area contributed by atoms with E-state index in [0.29, 0.717) is 0 Å². The summed E-state index contributed by atoms with van der Waals surface area (Å²) in [6.45, 7) is 7.28. The molecule has 1 aliphatic heterocycles. The van der Waals surface area contributed by atoms with E-state index in [1.54, 1.807) is 0 Å². The molecule has 2 saturated carbocycles. The van der Waals surface area contributed by atoms with Gasteiger partial charge in [-0.3, -0.25) is 0 Å². The van der Waals surface area contributed by atoms with Crippen molar-refractivity contribution in [3.05, 3.63) is 12.2 Å². The molecule has 4 rings (SSSR count). The molecule has 3 aliphatic carbocycles. The summed E-state index contributed by atoms with van der Waals surface area (Å²) in [7, 11) is 0. The zero-order valence-electron chi connectivity index (χ0n) is 13.7. The minimum absolute atomic E-state index is 0.953. The Bertz CT molecular complexity index is 362. The van der Waals surface area contributed by atoms with Crippen LogP contribution in [0.2, 0.25) is 0 Å². The molecule has 2 bridgehead atoms. The number of fused-ring (bicyclic) bond motifs is 2. The van der Waals surface area contributed by atoms with Crippen LogP contribution in [0.25, 0.3) is 0 Å². The highest BCUT2D eigenvalue weighted by molar-refractivity contribution is 5.09. The molecule has 3 fully saturated rings. The molecular formula is C19H34N2+2. The van der Waals surface area contributed by atoms with E-state index >= 15 is 0 Å². The van der Waals surface area contributed by atoms with Gasteiger partial charge < -0.3 is 9.80 Å². The SMILES string of the molecule is C1=C[C@@H]2C[C@H]1C[C@H]2C[NH+]1CC[NH+](C2CCCCCC2)CC1. The molecule has 1 heterocycles. The lowest BCUT2D eigenvalue weighted by Gasteiger charge is -2.35. The van der Waals surface area contributed by atoms with E-state index in [4.69, 9.17) is 0 Å². The summed E-state index contributed by atoms with van der Waals surface area (Å²) in [4.78, 5) is 3.90. The molecule has 0 spiro atoms. The summed E-state index contributed by atoms with van der Waals surface area (Å²) in [6, 6.07) is 1.01. The average Bonchev–Trinajstić information content (AvgIpc) is 3.02. The van der Waals surface area contributed by atoms with Crippen molar-refractivity contribution in [1.82, 2.24) is 0 Å². The lowest BCUT2D eigenvalue weighted by Crippen LogP contribution is -3.29. The summed E-state index contributed by atoms with van der Waals surface area (Å²) >= 11 is 0. The predicted octanol–water partition coefficient (Wildman–Crippen LogP) is 0.705. The van der Waals surface area contributed by atoms with Crippen molar-refractivity contribution < 1.29 is 9.80 Å². The minimum atomic E-state index is 0.953. The van der Waals surface area contributed by atoms with Crippen molar-refractivity contribution >= 4 is 0 Å². The number of piperazine rings is 1. The van der Waals surface area contributed by atoms with Crippen molar-refractivity contribution in [1.29, 1.82) is 0 Å². The number of hydrogen-bond acceptors (Lipinski definition) is 0. The highest BCUT2D eigenvalue weighted by Gasteiger charge is 2.39. The summed E-state index contributed by atoms with van der Waals surface area (Å²) in [5, 5.41) is 0. The Morgan fingerprint density at radius 1 is 0.810 bits per heavy atom. The smallest absolute Gasteiger partial charge is 0.127 e. The molecule has 0 unspecified atom stereocenters. The van der Waals surface area contributed by atoms with Gasteiger partial charge in [-0.2, -0.15) is 0 Å². The van der Waals surface area contributed by atoms with Crippen LogP contribution in [0.5, 0.6) is 0 Å². The highest BCUT2D eigenvalue weighted by atomic mass is 15.3. The standard InChI is InChI=1S/C19H32N2/c1-2-4-6-19(5-3-1)21-11-9-20(10-12-21)15-18-14-16-7-8-17(18)13-16/h7-8,16-19H,1-6,9-15H2/p+2/t16-,17+,18-/m0/s1. The average molecular weight is 290 g/mol. The van der Waals surface area contributed by atoms with Crippen LogP contribution in [0.3, 0.4) is 0 Å². The van der Waals surface area contributed by atoms with Gasteiger partial charge in [0, 0.05) is 5.92 Å². The van der Waals surface area contributed by atoms with Crippen molar-refractivity contribution in [2.24, 2.45) is 17.8 Å². The molecule has 3 atom stereocenters. The van der Waals surface area contributed by atoms with Crippen molar-refractivity contribution in [3.8, 4) is 0 Å². The van der Waals surface area contributed by atoms with Gasteiger partial charge in [0.1, 0.15) is 26.2 Å². The minimum Gasteiger partial charge on any atom is -0.325 e. The van der Waals surface area contributed by atoms with E-state index in [2.05, 4.69) is 12.2 Å². The molecule has 2 N–H and O–H groups in total. The lowest BCUT2D eigenvalue weighted by atomic mass is 9.93. The van der Waals surface area contributed by atoms with Crippen molar-refractivity contribution in [3.63, 3.8) is 0 Å². The van der Waals surface area contributed by atoms with Crippen molar-refractivity contribution in [2.75, 3.05) is 32.7 Å². The van der Waals surface area contributed by atoms with E-state index in [-0.39, 0.29) is 0 Å². The third-order valence-electron chi connectivity index (χ3n) is 7.00. The Kier molecular flexibility index (Phi) is 4.36. The summed E-state index contributed by atoms with van der Waals surface area (Å²) in [5.74, 6) is 2.93. The fraction of sp³-hybridized carbons (Fsp3) is 0.895. The Morgan fingerprint density at radius 3 is 2.19 bits per heavy atom. The van der Waals surface area contributed by atoms with Crippen LogP contribution in [0.15, 0.2) is 12.2 Å². The first-order valence-electron chi connectivity index (χ1n) is 9.75. The van der Waals surface area contributed by atoms with Gasteiger partial charge in [0.25, 0.3) is 0 Å². The van der Waals surface area contributed by atoms with Crippen molar-refractivity contribution in [2.45, 2.75) is 57.4 Å². The summed E-state index contributed by atoms with van der Waals surface area (Å²) in [5.41, 5.74) is 0. The van der Waals surface area contributed by atoms with Crippen LogP contribution in [0, 0.1) is 17.8 Å². The molecule has 1 saturated heterocycles. The lowest BCUT2D eigenvalue weighted by molar-refractivity contribution is -1.02. The third-order valence-corrected chi connectivity index (χ3v) is 7.00. The Hall–Kier alpha value is -0.340. The van der Waals surface area contributed by atoms with Gasteiger partial charge >= 0.3 is 0 Å². The van der Waals surface area contributed by atoms with Crippen LogP contribution < -0.4 is 9.80 Å². The number of quaternary nitrogens is 2.